The molecule has 3 aromatic carbocycles. The van der Waals surface area contributed by atoms with Crippen molar-refractivity contribution in [1.82, 2.24) is 4.98 Å². The topological polar surface area (TPSA) is 127 Å². The van der Waals surface area contributed by atoms with Crippen LogP contribution < -0.4 is 36.0 Å². The van der Waals surface area contributed by atoms with Crippen LogP contribution in [0.25, 0.3) is 10.2 Å². The molecule has 1 aromatic heterocycles. The molecule has 0 aliphatic rings. The van der Waals surface area contributed by atoms with Gasteiger partial charge in [-0.25, -0.2) is 13.4 Å². The molecule has 1 amide bonds. The van der Waals surface area contributed by atoms with Gasteiger partial charge in [0.2, 0.25) is 0 Å². The number of nitrogens with one attached hydrogen (secondary N) is 1. The molecular formula is C25H21F2IN2O7S2. The lowest BCUT2D eigenvalue weighted by molar-refractivity contribution is -0.597. The Morgan fingerprint density at radius 1 is 1.10 bits per heavy atom. The molecule has 0 spiro atoms. The molecule has 0 aliphatic carbocycles. The Labute approximate surface area is 237 Å². The first-order valence-corrected chi connectivity index (χ1v) is 15.6. The highest BCUT2D eigenvalue weighted by atomic mass is 127. The summed E-state index contributed by atoms with van der Waals surface area (Å²) >= 11 is 0.247. The largest absolute Gasteiger partial charge is 0.743 e. The van der Waals surface area contributed by atoms with Crippen LogP contribution in [-0.2, 0) is 20.1 Å². The first-order valence-electron chi connectivity index (χ1n) is 11.2. The normalized spacial score (nSPS) is 11.9. The molecule has 0 unspecified atom stereocenters. The Morgan fingerprint density at radius 2 is 1.82 bits per heavy atom. The maximum absolute atomic E-state index is 14.3. The van der Waals surface area contributed by atoms with Crippen LogP contribution in [0, 0.1) is 7.14 Å². The van der Waals surface area contributed by atoms with E-state index in [0.29, 0.717) is 32.1 Å². The average molecular weight is 690 g/mol. The van der Waals surface area contributed by atoms with Gasteiger partial charge in [-0.15, -0.1) is 0 Å². The second-order valence-corrected chi connectivity index (χ2v) is 13.3. The third-order valence-corrected chi connectivity index (χ3v) is 9.62. The fraction of sp³-hybridized carbons (Fsp3) is 0.200. The second-order valence-electron chi connectivity index (χ2n) is 7.77. The van der Waals surface area contributed by atoms with E-state index in [1.165, 1.54) is 23.5 Å². The van der Waals surface area contributed by atoms with E-state index in [9.17, 15) is 26.5 Å². The Hall–Kier alpha value is -2.92. The van der Waals surface area contributed by atoms with Gasteiger partial charge in [0.15, 0.2) is 29.2 Å². The van der Waals surface area contributed by atoms with Crippen LogP contribution in [0.15, 0.2) is 60.7 Å². The third-order valence-electron chi connectivity index (χ3n) is 5.21. The van der Waals surface area contributed by atoms with Gasteiger partial charge in [0.25, 0.3) is 5.91 Å². The van der Waals surface area contributed by atoms with Gasteiger partial charge in [-0.1, -0.05) is 11.3 Å². The Kier molecular flexibility index (Phi) is 9.00. The smallest absolute Gasteiger partial charge is 0.363 e. The van der Waals surface area contributed by atoms with Crippen molar-refractivity contribution in [1.29, 1.82) is 0 Å². The number of carbonyl (C=O) groups is 1. The molecule has 206 valence electrons. The lowest BCUT2D eigenvalue weighted by Gasteiger charge is -2.21. The number of aromatic nitrogens is 1. The molecule has 39 heavy (non-hydrogen) atoms. The van der Waals surface area contributed by atoms with Crippen LogP contribution in [0.3, 0.4) is 0 Å². The minimum absolute atomic E-state index is 0.136. The summed E-state index contributed by atoms with van der Waals surface area (Å²) in [5, 5.41) is -1.46. The highest BCUT2D eigenvalue weighted by Crippen LogP contribution is 2.38. The number of rotatable bonds is 11. The monoisotopic (exact) mass is 690 g/mol. The number of nitrogens with zero attached hydrogens (tertiary/aromatic N) is 1. The molecule has 1 N–H and O–H groups in total. The number of thiazole rings is 1. The van der Waals surface area contributed by atoms with E-state index >= 15 is 0 Å². The summed E-state index contributed by atoms with van der Waals surface area (Å²) in [5.41, 5.74) is 0.0625. The van der Waals surface area contributed by atoms with Gasteiger partial charge in [-0.2, -0.15) is 8.78 Å². The molecule has 0 radical (unpaired) electrons. The van der Waals surface area contributed by atoms with Crippen molar-refractivity contribution in [3.63, 3.8) is 0 Å². The number of alkyl halides is 2. The molecule has 1 heterocycles. The van der Waals surface area contributed by atoms with Crippen molar-refractivity contribution < 1.29 is 62.0 Å². The molecule has 9 nitrogen and oxygen atoms in total. The SMILES string of the molecule is CCOCOc1ccc2nc(NC(=O)c3ccc([I+]c4ccc(OC)c(C(F)(F)S(=O)(=O)[O-])c4)cc3)sc2c1. The van der Waals surface area contributed by atoms with Gasteiger partial charge in [0.1, 0.15) is 11.5 Å². The molecule has 14 heteroatoms. The fourth-order valence-corrected chi connectivity index (χ4v) is 6.89. The first kappa shape index (κ1) is 29.1. The summed E-state index contributed by atoms with van der Waals surface area (Å²) in [4.78, 5) is 17.2. The van der Waals surface area contributed by atoms with Crippen LogP contribution in [0.1, 0.15) is 22.8 Å². The number of halogens is 3. The summed E-state index contributed by atoms with van der Waals surface area (Å²) in [7, 11) is -4.84. The molecule has 0 aliphatic heterocycles. The summed E-state index contributed by atoms with van der Waals surface area (Å²) in [5.74, 6) is -0.152. The van der Waals surface area contributed by atoms with Crippen LogP contribution in [-0.4, -0.2) is 44.4 Å². The van der Waals surface area contributed by atoms with Gasteiger partial charge in [-0.3, -0.25) is 10.1 Å². The van der Waals surface area contributed by atoms with Crippen molar-refractivity contribution in [2.45, 2.75) is 12.2 Å². The van der Waals surface area contributed by atoms with Crippen molar-refractivity contribution in [3.8, 4) is 11.5 Å². The van der Waals surface area contributed by atoms with E-state index in [1.54, 1.807) is 36.4 Å². The minimum Gasteiger partial charge on any atom is -0.743 e. The average Bonchev–Trinajstić information content (AvgIpc) is 3.30. The van der Waals surface area contributed by atoms with Gasteiger partial charge in [0.05, 0.1) is 22.9 Å². The molecular weight excluding hydrogens is 669 g/mol. The first-order chi connectivity index (χ1) is 18.5. The molecule has 0 fully saturated rings. The van der Waals surface area contributed by atoms with Crippen molar-refractivity contribution in [3.05, 3.63) is 78.9 Å². The van der Waals surface area contributed by atoms with Gasteiger partial charge < -0.3 is 18.8 Å². The van der Waals surface area contributed by atoms with Gasteiger partial charge >= 0.3 is 26.5 Å². The maximum Gasteiger partial charge on any atom is 0.363 e. The Bertz CT molecular complexity index is 1600. The number of benzene rings is 3. The van der Waals surface area contributed by atoms with Gasteiger partial charge in [-0.05, 0) is 61.5 Å². The molecule has 0 saturated carbocycles. The molecule has 0 bridgehead atoms. The molecule has 4 rings (SSSR count). The zero-order valence-corrected chi connectivity index (χ0v) is 24.2. The quantitative estimate of drug-likeness (QED) is 0.109. The van der Waals surface area contributed by atoms with Crippen LogP contribution in [0.5, 0.6) is 11.5 Å². The van der Waals surface area contributed by atoms with Crippen LogP contribution in [0.2, 0.25) is 0 Å². The van der Waals surface area contributed by atoms with E-state index < -0.39 is 47.9 Å². The van der Waals surface area contributed by atoms with Crippen molar-refractivity contribution in [2.75, 3.05) is 25.8 Å². The predicted octanol–water partition coefficient (Wildman–Crippen LogP) is 1.65. The number of fused-ring (bicyclic) bond motifs is 1. The maximum atomic E-state index is 14.3. The Morgan fingerprint density at radius 3 is 2.49 bits per heavy atom. The van der Waals surface area contributed by atoms with Crippen LogP contribution >= 0.6 is 11.3 Å². The van der Waals surface area contributed by atoms with Crippen molar-refractivity contribution in [2.24, 2.45) is 0 Å². The zero-order chi connectivity index (χ0) is 28.2. The lowest BCUT2D eigenvalue weighted by Crippen LogP contribution is -3.61. The van der Waals surface area contributed by atoms with E-state index in [2.05, 4.69) is 10.3 Å². The standard InChI is InChI=1S/C25H21F2IN2O7S2/c1-3-36-14-37-18-9-10-20-22(13-18)38-24(29-20)30-23(31)15-4-6-16(7-5-15)28-17-8-11-21(35-2)19(12-17)25(26,27)39(32,33)34/h4-13H,3,14H2,1-2H3,(H-,29,30,31,32,33,34). The second kappa shape index (κ2) is 12.1. The molecule has 0 atom stereocenters. The number of carbonyl (C=O) groups excluding carboxylic acids is 1. The predicted molar refractivity (Wildman–Crippen MR) is 135 cm³/mol. The number of hydrogen-bond donors (Lipinski definition) is 1. The number of methoxy groups -OCH3 is 1. The number of anilines is 1. The number of amides is 1. The van der Waals surface area contributed by atoms with Crippen LogP contribution in [0.4, 0.5) is 13.9 Å². The highest BCUT2D eigenvalue weighted by Gasteiger charge is 2.43. The highest BCUT2D eigenvalue weighted by molar-refractivity contribution is 7.86. The zero-order valence-electron chi connectivity index (χ0n) is 20.4. The number of hydrogen-bond acceptors (Lipinski definition) is 9. The van der Waals surface area contributed by atoms with E-state index in [1.807, 2.05) is 13.0 Å². The molecule has 4 aromatic rings. The summed E-state index contributed by atoms with van der Waals surface area (Å²) in [6.45, 7) is 2.54. The van der Waals surface area contributed by atoms with Gasteiger partial charge in [0, 0.05) is 18.2 Å². The van der Waals surface area contributed by atoms with Crippen molar-refractivity contribution >= 4 is 42.7 Å². The molecule has 0 saturated heterocycles. The number of ether oxygens (including phenoxy) is 3. The van der Waals surface area contributed by atoms with E-state index in [-0.39, 0.29) is 12.7 Å². The van der Waals surface area contributed by atoms with E-state index in [4.69, 9.17) is 14.2 Å². The summed E-state index contributed by atoms with van der Waals surface area (Å²) in [6.07, 6.45) is 0. The lowest BCUT2D eigenvalue weighted by atomic mass is 10.2. The summed E-state index contributed by atoms with van der Waals surface area (Å²) < 4.78 is 79.5. The third kappa shape index (κ3) is 6.81. The minimum atomic E-state index is -5.95. The van der Waals surface area contributed by atoms with E-state index in [0.717, 1.165) is 21.4 Å². The fourth-order valence-electron chi connectivity index (χ4n) is 3.30. The Balaban J connectivity index is 1.45. The summed E-state index contributed by atoms with van der Waals surface area (Å²) in [6, 6.07) is 15.6.